The first-order valence-electron chi connectivity index (χ1n) is 12.5. The van der Waals surface area contributed by atoms with Gasteiger partial charge in [-0.25, -0.2) is 13.6 Å². The van der Waals surface area contributed by atoms with Crippen LogP contribution >= 0.6 is 0 Å². The van der Waals surface area contributed by atoms with E-state index >= 15 is 0 Å². The summed E-state index contributed by atoms with van der Waals surface area (Å²) in [7, 11) is 0. The molecule has 5 rings (SSSR count). The van der Waals surface area contributed by atoms with Gasteiger partial charge < -0.3 is 25.2 Å². The van der Waals surface area contributed by atoms with E-state index in [0.717, 1.165) is 31.7 Å². The summed E-state index contributed by atoms with van der Waals surface area (Å²) in [6.45, 7) is 4.27. The van der Waals surface area contributed by atoms with Gasteiger partial charge >= 0.3 is 12.1 Å². The number of fused-ring (bicyclic) bond motifs is 1. The third kappa shape index (κ3) is 7.92. The number of halogens is 5. The third-order valence-electron chi connectivity index (χ3n) is 6.32. The van der Waals surface area contributed by atoms with Crippen molar-refractivity contribution in [2.45, 2.75) is 19.3 Å². The van der Waals surface area contributed by atoms with Gasteiger partial charge in [-0.1, -0.05) is 12.1 Å². The van der Waals surface area contributed by atoms with Gasteiger partial charge in [0.2, 0.25) is 6.79 Å². The van der Waals surface area contributed by atoms with Crippen molar-refractivity contribution in [2.24, 2.45) is 0 Å². The van der Waals surface area contributed by atoms with E-state index in [1.165, 1.54) is 12.1 Å². The van der Waals surface area contributed by atoms with E-state index in [9.17, 15) is 26.7 Å². The highest BCUT2D eigenvalue weighted by atomic mass is 19.4. The molecule has 1 saturated heterocycles. The maximum absolute atomic E-state index is 14.7. The third-order valence-corrected chi connectivity index (χ3v) is 6.32. The number of carboxylic acids is 1. The Bertz CT molecular complexity index is 1410. The first kappa shape index (κ1) is 29.7. The second kappa shape index (κ2) is 13.0. The van der Waals surface area contributed by atoms with Crippen molar-refractivity contribution >= 4 is 11.9 Å². The zero-order valence-corrected chi connectivity index (χ0v) is 21.6. The summed E-state index contributed by atoms with van der Waals surface area (Å²) in [5.74, 6) is -2.59. The molecule has 0 aromatic heterocycles. The number of alkyl halides is 3. The highest BCUT2D eigenvalue weighted by molar-refractivity contribution is 5.94. The summed E-state index contributed by atoms with van der Waals surface area (Å²) in [6, 6.07) is 14.4. The SMILES string of the molecule is O=C(NCc1ccc(F)c(-c2ccc(F)c(CN3CCNCC3)c2)c1)c1ccc2c(c1)OCO2.O=C(O)C(F)(F)F. The fourth-order valence-electron chi connectivity index (χ4n) is 4.20. The van der Waals surface area contributed by atoms with E-state index in [4.69, 9.17) is 19.4 Å². The number of ether oxygens (including phenoxy) is 2. The summed E-state index contributed by atoms with van der Waals surface area (Å²) in [6.07, 6.45) is -5.08. The minimum atomic E-state index is -5.08. The lowest BCUT2D eigenvalue weighted by Crippen LogP contribution is -2.43. The van der Waals surface area contributed by atoms with Gasteiger partial charge in [0.15, 0.2) is 11.5 Å². The van der Waals surface area contributed by atoms with Crippen molar-refractivity contribution in [3.05, 3.63) is 82.9 Å². The second-order valence-electron chi connectivity index (χ2n) is 9.20. The Kier molecular flexibility index (Phi) is 9.40. The minimum Gasteiger partial charge on any atom is -0.475 e. The molecule has 1 fully saturated rings. The number of carbonyl (C=O) groups excluding carboxylic acids is 1. The maximum atomic E-state index is 14.7. The predicted molar refractivity (Wildman–Crippen MR) is 137 cm³/mol. The lowest BCUT2D eigenvalue weighted by atomic mass is 9.99. The van der Waals surface area contributed by atoms with Crippen LogP contribution in [0, 0.1) is 11.6 Å². The largest absolute Gasteiger partial charge is 0.490 e. The smallest absolute Gasteiger partial charge is 0.475 e. The molecule has 0 saturated carbocycles. The van der Waals surface area contributed by atoms with Gasteiger partial charge in [0.1, 0.15) is 11.6 Å². The Balaban J connectivity index is 0.000000493. The number of benzene rings is 3. The highest BCUT2D eigenvalue weighted by Gasteiger charge is 2.38. The number of hydrogen-bond acceptors (Lipinski definition) is 6. The molecule has 0 aliphatic carbocycles. The lowest BCUT2D eigenvalue weighted by Gasteiger charge is -2.27. The molecule has 41 heavy (non-hydrogen) atoms. The molecule has 3 N–H and O–H groups in total. The molecule has 3 aromatic rings. The van der Waals surface area contributed by atoms with Crippen LogP contribution in [-0.2, 0) is 17.9 Å². The number of nitrogens with one attached hydrogen (secondary N) is 2. The molecule has 2 aliphatic heterocycles. The summed E-state index contributed by atoms with van der Waals surface area (Å²) >= 11 is 0. The Morgan fingerprint density at radius 3 is 2.32 bits per heavy atom. The average Bonchev–Trinajstić information content (AvgIpc) is 3.42. The molecule has 218 valence electrons. The molecular weight excluding hydrogens is 553 g/mol. The predicted octanol–water partition coefficient (Wildman–Crippen LogP) is 4.33. The van der Waals surface area contributed by atoms with E-state index in [1.807, 2.05) is 0 Å². The van der Waals surface area contributed by atoms with E-state index in [2.05, 4.69) is 15.5 Å². The number of aliphatic carboxylic acids is 1. The van der Waals surface area contributed by atoms with Crippen molar-refractivity contribution in [2.75, 3.05) is 33.0 Å². The van der Waals surface area contributed by atoms with Gasteiger partial charge in [-0.2, -0.15) is 13.2 Å². The van der Waals surface area contributed by atoms with Gasteiger partial charge in [0.25, 0.3) is 5.91 Å². The number of carboxylic acid groups (broad SMARTS) is 1. The van der Waals surface area contributed by atoms with Crippen LogP contribution in [0.1, 0.15) is 21.5 Å². The Morgan fingerprint density at radius 1 is 0.927 bits per heavy atom. The fraction of sp³-hybridized carbons (Fsp3) is 0.286. The summed E-state index contributed by atoms with van der Waals surface area (Å²) in [4.78, 5) is 23.7. The van der Waals surface area contributed by atoms with E-state index in [-0.39, 0.29) is 25.1 Å². The number of amides is 1. The quantitative estimate of drug-likeness (QED) is 0.374. The molecule has 2 heterocycles. The van der Waals surface area contributed by atoms with E-state index in [1.54, 1.807) is 42.5 Å². The number of carbonyl (C=O) groups is 2. The molecule has 13 heteroatoms. The normalized spacial score (nSPS) is 14.7. The summed E-state index contributed by atoms with van der Waals surface area (Å²) < 4.78 is 71.5. The monoisotopic (exact) mass is 579 g/mol. The molecule has 0 bridgehead atoms. The second-order valence-corrected chi connectivity index (χ2v) is 9.20. The zero-order chi connectivity index (χ0) is 29.6. The number of hydrogen-bond donors (Lipinski definition) is 3. The van der Waals surface area contributed by atoms with Crippen LogP contribution in [0.4, 0.5) is 22.0 Å². The van der Waals surface area contributed by atoms with Gasteiger partial charge in [-0.15, -0.1) is 0 Å². The summed E-state index contributed by atoms with van der Waals surface area (Å²) in [5.41, 5.74) is 2.70. The van der Waals surface area contributed by atoms with Crippen molar-refractivity contribution in [3.8, 4) is 22.6 Å². The summed E-state index contributed by atoms with van der Waals surface area (Å²) in [5, 5.41) is 13.3. The van der Waals surface area contributed by atoms with Gasteiger partial charge in [0, 0.05) is 56.0 Å². The van der Waals surface area contributed by atoms with Crippen molar-refractivity contribution in [3.63, 3.8) is 0 Å². The molecule has 0 unspecified atom stereocenters. The van der Waals surface area contributed by atoms with Crippen LogP contribution in [-0.4, -0.2) is 61.0 Å². The van der Waals surface area contributed by atoms with E-state index < -0.39 is 18.0 Å². The molecular formula is C28H26F5N3O5. The van der Waals surface area contributed by atoms with E-state index in [0.29, 0.717) is 40.3 Å². The van der Waals surface area contributed by atoms with Crippen LogP contribution in [0.2, 0.25) is 0 Å². The standard InChI is InChI=1S/C26H25F2N3O3.C2HF3O2/c27-22-5-2-18(12-20(22)15-31-9-7-29-8-10-31)21-11-17(1-4-23(21)28)14-30-26(32)19-3-6-24-25(13-19)34-16-33-24;3-2(4,5)1(6)7/h1-6,11-13,29H,7-10,14-16H2,(H,30,32);(H,6,7). The van der Waals surface area contributed by atoms with Crippen LogP contribution in [0.15, 0.2) is 54.6 Å². The number of piperazine rings is 1. The highest BCUT2D eigenvalue weighted by Crippen LogP contribution is 2.32. The molecule has 2 aliphatic rings. The van der Waals surface area contributed by atoms with Crippen molar-refractivity contribution in [1.82, 2.24) is 15.5 Å². The fourth-order valence-corrected chi connectivity index (χ4v) is 4.20. The zero-order valence-electron chi connectivity index (χ0n) is 21.6. The first-order valence-corrected chi connectivity index (χ1v) is 12.5. The van der Waals surface area contributed by atoms with Crippen molar-refractivity contribution < 1.29 is 46.1 Å². The average molecular weight is 580 g/mol. The molecule has 0 spiro atoms. The van der Waals surface area contributed by atoms with Crippen LogP contribution in [0.3, 0.4) is 0 Å². The molecule has 0 radical (unpaired) electrons. The van der Waals surface area contributed by atoms with Gasteiger partial charge in [-0.3, -0.25) is 9.69 Å². The first-order chi connectivity index (χ1) is 19.5. The Labute approximate surface area is 231 Å². The Morgan fingerprint density at radius 2 is 1.61 bits per heavy atom. The lowest BCUT2D eigenvalue weighted by molar-refractivity contribution is -0.192. The van der Waals surface area contributed by atoms with Gasteiger partial charge in [0.05, 0.1) is 0 Å². The number of rotatable bonds is 6. The Hall–Kier alpha value is -4.23. The molecule has 0 atom stereocenters. The molecule has 3 aromatic carbocycles. The molecule has 8 nitrogen and oxygen atoms in total. The van der Waals surface area contributed by atoms with Crippen LogP contribution < -0.4 is 20.1 Å². The molecule has 1 amide bonds. The van der Waals surface area contributed by atoms with Gasteiger partial charge in [-0.05, 0) is 53.6 Å². The topological polar surface area (TPSA) is 100 Å². The van der Waals surface area contributed by atoms with Crippen LogP contribution in [0.5, 0.6) is 11.5 Å². The van der Waals surface area contributed by atoms with Crippen LogP contribution in [0.25, 0.3) is 11.1 Å². The van der Waals surface area contributed by atoms with Crippen molar-refractivity contribution in [1.29, 1.82) is 0 Å². The maximum Gasteiger partial charge on any atom is 0.490 e. The number of nitrogens with zero attached hydrogens (tertiary/aromatic N) is 1. The minimum absolute atomic E-state index is 0.138.